The van der Waals surface area contributed by atoms with Crippen LogP contribution in [0.3, 0.4) is 0 Å². The minimum atomic E-state index is -0.0685. The Morgan fingerprint density at radius 1 is 1.24 bits per heavy atom. The van der Waals surface area contributed by atoms with Gasteiger partial charge in [0.2, 0.25) is 0 Å². The fourth-order valence-corrected chi connectivity index (χ4v) is 2.47. The van der Waals surface area contributed by atoms with Gasteiger partial charge in [-0.15, -0.1) is 11.6 Å². The van der Waals surface area contributed by atoms with Gasteiger partial charge >= 0.3 is 0 Å². The van der Waals surface area contributed by atoms with E-state index in [9.17, 15) is 4.79 Å². The quantitative estimate of drug-likeness (QED) is 0.720. The zero-order valence-electron chi connectivity index (χ0n) is 9.13. The van der Waals surface area contributed by atoms with Crippen LogP contribution in [0, 0.1) is 0 Å². The molecule has 0 saturated carbocycles. The van der Waals surface area contributed by atoms with Gasteiger partial charge in [0, 0.05) is 18.5 Å². The molecule has 5 heteroatoms. The molecule has 0 unspecified atom stereocenters. The van der Waals surface area contributed by atoms with Crippen molar-refractivity contribution in [2.75, 3.05) is 13.1 Å². The summed E-state index contributed by atoms with van der Waals surface area (Å²) in [4.78, 5) is 14.0. The number of amides is 1. The van der Waals surface area contributed by atoms with Gasteiger partial charge in [0.1, 0.15) is 0 Å². The summed E-state index contributed by atoms with van der Waals surface area (Å²) >= 11 is 17.9. The van der Waals surface area contributed by atoms with Crippen LogP contribution in [0.1, 0.15) is 23.2 Å². The molecule has 17 heavy (non-hydrogen) atoms. The summed E-state index contributed by atoms with van der Waals surface area (Å²) in [5.41, 5.74) is 0.465. The van der Waals surface area contributed by atoms with E-state index in [1.165, 1.54) is 0 Å². The lowest BCUT2D eigenvalue weighted by atomic mass is 10.1. The number of hydrogen-bond acceptors (Lipinski definition) is 1. The van der Waals surface area contributed by atoms with Crippen molar-refractivity contribution >= 4 is 40.7 Å². The molecular weight excluding hydrogens is 280 g/mol. The number of piperidine rings is 1. The van der Waals surface area contributed by atoms with E-state index in [0.717, 1.165) is 12.8 Å². The highest BCUT2D eigenvalue weighted by molar-refractivity contribution is 6.43. The molecule has 0 bridgehead atoms. The number of alkyl halides is 1. The van der Waals surface area contributed by atoms with E-state index < -0.39 is 0 Å². The van der Waals surface area contributed by atoms with Crippen molar-refractivity contribution in [3.05, 3.63) is 33.8 Å². The number of benzene rings is 1. The zero-order chi connectivity index (χ0) is 12.4. The first-order chi connectivity index (χ1) is 8.09. The maximum Gasteiger partial charge on any atom is 0.255 e. The van der Waals surface area contributed by atoms with Gasteiger partial charge in [-0.3, -0.25) is 4.79 Å². The first kappa shape index (κ1) is 13.0. The van der Waals surface area contributed by atoms with Crippen LogP contribution < -0.4 is 0 Å². The van der Waals surface area contributed by atoms with Crippen LogP contribution in [0.15, 0.2) is 18.2 Å². The smallest absolute Gasteiger partial charge is 0.255 e. The van der Waals surface area contributed by atoms with E-state index >= 15 is 0 Å². The van der Waals surface area contributed by atoms with E-state index in [1.807, 2.05) is 0 Å². The number of nitrogens with zero attached hydrogens (tertiary/aromatic N) is 1. The van der Waals surface area contributed by atoms with Gasteiger partial charge < -0.3 is 4.90 Å². The molecule has 1 amide bonds. The second-order valence-corrected chi connectivity index (χ2v) is 5.47. The zero-order valence-corrected chi connectivity index (χ0v) is 11.4. The Balaban J connectivity index is 2.17. The van der Waals surface area contributed by atoms with Crippen LogP contribution in [0.4, 0.5) is 0 Å². The topological polar surface area (TPSA) is 20.3 Å². The van der Waals surface area contributed by atoms with Crippen molar-refractivity contribution in [3.8, 4) is 0 Å². The first-order valence-electron chi connectivity index (χ1n) is 5.47. The Morgan fingerprint density at radius 2 is 1.88 bits per heavy atom. The third kappa shape index (κ3) is 2.87. The molecule has 1 aromatic rings. The molecule has 1 aliphatic rings. The SMILES string of the molecule is O=C(c1cccc(Cl)c1Cl)N1CCC(Cl)CC1. The molecule has 1 fully saturated rings. The van der Waals surface area contributed by atoms with E-state index in [2.05, 4.69) is 0 Å². The van der Waals surface area contributed by atoms with Gasteiger partial charge in [0.15, 0.2) is 0 Å². The first-order valence-corrected chi connectivity index (χ1v) is 6.66. The largest absolute Gasteiger partial charge is 0.338 e. The molecule has 1 aromatic carbocycles. The fraction of sp³-hybridized carbons (Fsp3) is 0.417. The highest BCUT2D eigenvalue weighted by Gasteiger charge is 2.24. The lowest BCUT2D eigenvalue weighted by Gasteiger charge is -2.29. The monoisotopic (exact) mass is 291 g/mol. The van der Waals surface area contributed by atoms with Gasteiger partial charge in [-0.1, -0.05) is 29.3 Å². The van der Waals surface area contributed by atoms with E-state index in [1.54, 1.807) is 23.1 Å². The second kappa shape index (κ2) is 5.47. The van der Waals surface area contributed by atoms with E-state index in [4.69, 9.17) is 34.8 Å². The third-order valence-corrected chi connectivity index (χ3v) is 4.15. The minimum Gasteiger partial charge on any atom is -0.338 e. The third-order valence-electron chi connectivity index (χ3n) is 2.89. The predicted octanol–water partition coefficient (Wildman–Crippen LogP) is 3.84. The van der Waals surface area contributed by atoms with Gasteiger partial charge in [0.05, 0.1) is 15.6 Å². The van der Waals surface area contributed by atoms with Crippen LogP contribution in [0.2, 0.25) is 10.0 Å². The van der Waals surface area contributed by atoms with Crippen LogP contribution in [0.5, 0.6) is 0 Å². The van der Waals surface area contributed by atoms with Crippen molar-refractivity contribution in [2.45, 2.75) is 18.2 Å². The van der Waals surface area contributed by atoms with Crippen LogP contribution in [0.25, 0.3) is 0 Å². The Kier molecular flexibility index (Phi) is 4.18. The summed E-state index contributed by atoms with van der Waals surface area (Å²) in [6.07, 6.45) is 1.65. The van der Waals surface area contributed by atoms with Crippen molar-refractivity contribution in [1.29, 1.82) is 0 Å². The van der Waals surface area contributed by atoms with E-state index in [-0.39, 0.29) is 11.3 Å². The Bertz CT molecular complexity index is 428. The summed E-state index contributed by atoms with van der Waals surface area (Å²) in [6, 6.07) is 5.10. The van der Waals surface area contributed by atoms with Crippen LogP contribution >= 0.6 is 34.8 Å². The molecule has 1 heterocycles. The molecule has 0 radical (unpaired) electrons. The molecule has 0 aromatic heterocycles. The predicted molar refractivity (Wildman–Crippen MR) is 71.2 cm³/mol. The molecule has 0 aliphatic carbocycles. The van der Waals surface area contributed by atoms with Crippen molar-refractivity contribution in [1.82, 2.24) is 4.90 Å². The number of carbonyl (C=O) groups excluding carboxylic acids is 1. The Labute approximate surface area is 115 Å². The van der Waals surface area contributed by atoms with Gasteiger partial charge in [-0.25, -0.2) is 0 Å². The molecule has 1 aliphatic heterocycles. The number of likely N-dealkylation sites (tertiary alicyclic amines) is 1. The van der Waals surface area contributed by atoms with Crippen molar-refractivity contribution < 1.29 is 4.79 Å². The summed E-state index contributed by atoms with van der Waals surface area (Å²) in [5, 5.41) is 0.908. The summed E-state index contributed by atoms with van der Waals surface area (Å²) < 4.78 is 0. The standard InChI is InChI=1S/C12H12Cl3NO/c13-8-4-6-16(7-5-8)12(17)9-2-1-3-10(14)11(9)15/h1-3,8H,4-7H2. The molecular formula is C12H12Cl3NO. The molecule has 92 valence electrons. The molecule has 0 atom stereocenters. The lowest BCUT2D eigenvalue weighted by molar-refractivity contribution is 0.0726. The lowest BCUT2D eigenvalue weighted by Crippen LogP contribution is -2.38. The average molecular weight is 293 g/mol. The van der Waals surface area contributed by atoms with Crippen molar-refractivity contribution in [2.24, 2.45) is 0 Å². The number of hydrogen-bond donors (Lipinski definition) is 0. The maximum atomic E-state index is 12.2. The highest BCUT2D eigenvalue weighted by Crippen LogP contribution is 2.27. The molecule has 1 saturated heterocycles. The fourth-order valence-electron chi connectivity index (χ4n) is 1.89. The van der Waals surface area contributed by atoms with Gasteiger partial charge in [-0.2, -0.15) is 0 Å². The van der Waals surface area contributed by atoms with Gasteiger partial charge in [-0.05, 0) is 25.0 Å². The van der Waals surface area contributed by atoms with Crippen LogP contribution in [-0.4, -0.2) is 29.3 Å². The summed E-state index contributed by atoms with van der Waals surface area (Å²) in [6.45, 7) is 1.35. The Hall–Kier alpha value is -0.440. The number of carbonyl (C=O) groups is 1. The Morgan fingerprint density at radius 3 is 2.53 bits per heavy atom. The average Bonchev–Trinajstić information content (AvgIpc) is 2.33. The highest BCUT2D eigenvalue weighted by atomic mass is 35.5. The molecule has 0 N–H and O–H groups in total. The molecule has 2 rings (SSSR count). The van der Waals surface area contributed by atoms with Crippen molar-refractivity contribution in [3.63, 3.8) is 0 Å². The second-order valence-electron chi connectivity index (χ2n) is 4.07. The molecule has 2 nitrogen and oxygen atoms in total. The normalized spacial score (nSPS) is 17.2. The number of rotatable bonds is 1. The minimum absolute atomic E-state index is 0.0685. The van der Waals surface area contributed by atoms with Crippen LogP contribution in [-0.2, 0) is 0 Å². The maximum absolute atomic E-state index is 12.2. The van der Waals surface area contributed by atoms with E-state index in [0.29, 0.717) is 28.7 Å². The van der Waals surface area contributed by atoms with Gasteiger partial charge in [0.25, 0.3) is 5.91 Å². The summed E-state index contributed by atoms with van der Waals surface area (Å²) in [5.74, 6) is -0.0685. The summed E-state index contributed by atoms with van der Waals surface area (Å²) in [7, 11) is 0. The number of halogens is 3. The molecule has 0 spiro atoms.